The smallest absolute Gasteiger partial charge is 0.210 e. The molecule has 2 fully saturated rings. The number of ether oxygens (including phenoxy) is 3. The van der Waals surface area contributed by atoms with Crippen LogP contribution in [0.15, 0.2) is 12.3 Å². The number of fused-ring (bicyclic) bond motifs is 1. The Kier molecular flexibility index (Phi) is 4.65. The van der Waals surface area contributed by atoms with Crippen LogP contribution >= 0.6 is 0 Å². The van der Waals surface area contributed by atoms with Crippen molar-refractivity contribution < 1.29 is 44.8 Å². The topological polar surface area (TPSA) is 149 Å². The molecule has 138 valence electrons. The summed E-state index contributed by atoms with van der Waals surface area (Å²) in [7, 11) is 0. The zero-order chi connectivity index (χ0) is 17.7. The van der Waals surface area contributed by atoms with Gasteiger partial charge in [0.2, 0.25) is 6.29 Å². The van der Waals surface area contributed by atoms with Crippen LogP contribution in [0.4, 0.5) is 0 Å². The third-order valence-corrected chi connectivity index (χ3v) is 5.20. The summed E-state index contributed by atoms with van der Waals surface area (Å²) >= 11 is 0. The van der Waals surface area contributed by atoms with Crippen LogP contribution in [-0.4, -0.2) is 85.4 Å². The Morgan fingerprint density at radius 2 is 1.79 bits per heavy atom. The zero-order valence-corrected chi connectivity index (χ0v) is 13.2. The van der Waals surface area contributed by atoms with Crippen molar-refractivity contribution in [3.8, 4) is 0 Å². The number of hydrogen-bond donors (Lipinski definition) is 6. The third kappa shape index (κ3) is 2.85. The molecule has 1 saturated heterocycles. The van der Waals surface area contributed by atoms with Crippen molar-refractivity contribution in [3.05, 3.63) is 12.3 Å². The van der Waals surface area contributed by atoms with E-state index in [2.05, 4.69) is 0 Å². The van der Waals surface area contributed by atoms with E-state index in [4.69, 9.17) is 14.2 Å². The summed E-state index contributed by atoms with van der Waals surface area (Å²) < 4.78 is 16.2. The molecule has 2 aliphatic heterocycles. The second-order valence-corrected chi connectivity index (χ2v) is 6.97. The highest BCUT2D eigenvalue weighted by Crippen LogP contribution is 2.49. The monoisotopic (exact) mass is 348 g/mol. The molecule has 1 aliphatic carbocycles. The normalized spacial score (nSPS) is 54.4. The number of aliphatic hydroxyl groups is 6. The Morgan fingerprint density at radius 1 is 1.08 bits per heavy atom. The number of rotatable bonds is 3. The lowest BCUT2D eigenvalue weighted by molar-refractivity contribution is -0.350. The first-order chi connectivity index (χ1) is 11.2. The number of aliphatic hydroxyl groups excluding tert-OH is 4. The molecule has 3 aliphatic rings. The molecule has 1 saturated carbocycles. The lowest BCUT2D eigenvalue weighted by Gasteiger charge is -2.45. The molecule has 9 atom stereocenters. The van der Waals surface area contributed by atoms with E-state index in [1.165, 1.54) is 12.3 Å². The molecule has 0 radical (unpaired) electrons. The van der Waals surface area contributed by atoms with Crippen molar-refractivity contribution in [1.82, 2.24) is 0 Å². The standard InChI is InChI=1S/C15H24O9/c1-14(20)2-3-15(21)4-5-22-13(11(14)15)24-12-10(19)9(18)8(17)7(6-16)23-12/h4-5,7-13,16-21H,2-3,6H2,1H3/t7-,8-,9+,10-,11?,12+,13+,14+,15?/m1/s1. The second-order valence-electron chi connectivity index (χ2n) is 6.97. The van der Waals surface area contributed by atoms with E-state index in [1.54, 1.807) is 6.92 Å². The molecule has 0 amide bonds. The Morgan fingerprint density at radius 3 is 2.46 bits per heavy atom. The Hall–Kier alpha value is -0.780. The van der Waals surface area contributed by atoms with Crippen molar-refractivity contribution in [1.29, 1.82) is 0 Å². The van der Waals surface area contributed by atoms with E-state index in [9.17, 15) is 30.6 Å². The Balaban J connectivity index is 1.78. The van der Waals surface area contributed by atoms with E-state index >= 15 is 0 Å². The van der Waals surface area contributed by atoms with Crippen molar-refractivity contribution >= 4 is 0 Å². The van der Waals surface area contributed by atoms with E-state index in [0.717, 1.165) is 0 Å². The summed E-state index contributed by atoms with van der Waals surface area (Å²) in [5.41, 5.74) is -2.58. The van der Waals surface area contributed by atoms with Crippen LogP contribution in [-0.2, 0) is 14.2 Å². The minimum atomic E-state index is -1.59. The molecule has 0 aromatic carbocycles. The molecular formula is C15H24O9. The van der Waals surface area contributed by atoms with E-state index in [1.807, 2.05) is 0 Å². The van der Waals surface area contributed by atoms with Gasteiger partial charge in [-0.2, -0.15) is 0 Å². The van der Waals surface area contributed by atoms with Crippen molar-refractivity contribution in [2.45, 2.75) is 68.0 Å². The minimum absolute atomic E-state index is 0.319. The first-order valence-electron chi connectivity index (χ1n) is 7.93. The SMILES string of the molecule is C[C@]1(O)CCC2(O)C=CO[C@@H](O[C@@H]3O[C@H](CO)[C@@H](O)[C@H](O)[C@H]3O)C21. The molecule has 3 rings (SSSR count). The molecule has 2 heterocycles. The quantitative estimate of drug-likeness (QED) is 0.327. The summed E-state index contributed by atoms with van der Waals surface area (Å²) in [6.45, 7) is 0.975. The molecule has 0 aromatic heterocycles. The fourth-order valence-corrected chi connectivity index (χ4v) is 3.75. The maximum Gasteiger partial charge on any atom is 0.210 e. The number of hydrogen-bond acceptors (Lipinski definition) is 9. The molecule has 24 heavy (non-hydrogen) atoms. The highest BCUT2D eigenvalue weighted by atomic mass is 16.8. The maximum absolute atomic E-state index is 10.7. The predicted molar refractivity (Wildman–Crippen MR) is 77.2 cm³/mol. The largest absolute Gasteiger partial charge is 0.472 e. The van der Waals surface area contributed by atoms with Crippen molar-refractivity contribution in [2.24, 2.45) is 5.92 Å². The molecule has 0 aromatic rings. The first kappa shape index (κ1) is 18.0. The maximum atomic E-state index is 10.7. The molecule has 0 bridgehead atoms. The van der Waals surface area contributed by atoms with Crippen LogP contribution in [0.1, 0.15) is 19.8 Å². The second kappa shape index (κ2) is 6.19. The summed E-state index contributed by atoms with van der Waals surface area (Å²) in [5, 5.41) is 60.0. The fourth-order valence-electron chi connectivity index (χ4n) is 3.75. The van der Waals surface area contributed by atoms with Crippen LogP contribution in [0.5, 0.6) is 0 Å². The molecule has 9 nitrogen and oxygen atoms in total. The van der Waals surface area contributed by atoms with Gasteiger partial charge in [-0.15, -0.1) is 0 Å². The summed E-state index contributed by atoms with van der Waals surface area (Å²) in [4.78, 5) is 0. The van der Waals surface area contributed by atoms with Gasteiger partial charge in [-0.05, 0) is 25.8 Å². The van der Waals surface area contributed by atoms with Gasteiger partial charge in [0.25, 0.3) is 0 Å². The van der Waals surface area contributed by atoms with Gasteiger partial charge < -0.3 is 44.8 Å². The minimum Gasteiger partial charge on any atom is -0.472 e. The van der Waals surface area contributed by atoms with E-state index in [0.29, 0.717) is 12.8 Å². The van der Waals surface area contributed by atoms with Gasteiger partial charge in [0.05, 0.1) is 30.0 Å². The summed E-state index contributed by atoms with van der Waals surface area (Å²) in [6, 6.07) is 0. The third-order valence-electron chi connectivity index (χ3n) is 5.20. The zero-order valence-electron chi connectivity index (χ0n) is 13.2. The van der Waals surface area contributed by atoms with Crippen LogP contribution in [0, 0.1) is 5.92 Å². The highest BCUT2D eigenvalue weighted by molar-refractivity contribution is 5.16. The van der Waals surface area contributed by atoms with Gasteiger partial charge in [0, 0.05) is 0 Å². The first-order valence-corrected chi connectivity index (χ1v) is 7.93. The average molecular weight is 348 g/mol. The van der Waals surface area contributed by atoms with Crippen molar-refractivity contribution in [2.75, 3.05) is 6.61 Å². The van der Waals surface area contributed by atoms with Crippen LogP contribution in [0.2, 0.25) is 0 Å². The lowest BCUT2D eigenvalue weighted by Crippen LogP contribution is -2.61. The van der Waals surface area contributed by atoms with Crippen LogP contribution in [0.3, 0.4) is 0 Å². The van der Waals surface area contributed by atoms with Gasteiger partial charge in [-0.1, -0.05) is 0 Å². The summed E-state index contributed by atoms with van der Waals surface area (Å²) in [5.74, 6) is -0.831. The average Bonchev–Trinajstić information content (AvgIpc) is 2.79. The van der Waals surface area contributed by atoms with Gasteiger partial charge in [-0.3, -0.25) is 0 Å². The Labute approximate surface area is 138 Å². The van der Waals surface area contributed by atoms with Gasteiger partial charge in [0.15, 0.2) is 6.29 Å². The van der Waals surface area contributed by atoms with Crippen molar-refractivity contribution in [3.63, 3.8) is 0 Å². The van der Waals surface area contributed by atoms with Gasteiger partial charge in [0.1, 0.15) is 24.4 Å². The molecular weight excluding hydrogens is 324 g/mol. The van der Waals surface area contributed by atoms with Gasteiger partial charge >= 0.3 is 0 Å². The molecule has 9 heteroatoms. The van der Waals surface area contributed by atoms with E-state index in [-0.39, 0.29) is 0 Å². The van der Waals surface area contributed by atoms with E-state index < -0.39 is 60.7 Å². The predicted octanol–water partition coefficient (Wildman–Crippen LogP) is -2.43. The fraction of sp³-hybridized carbons (Fsp3) is 0.867. The molecule has 6 N–H and O–H groups in total. The lowest BCUT2D eigenvalue weighted by atomic mass is 9.82. The molecule has 2 unspecified atom stereocenters. The highest BCUT2D eigenvalue weighted by Gasteiger charge is 2.59. The van der Waals surface area contributed by atoms with Crippen LogP contribution < -0.4 is 0 Å². The van der Waals surface area contributed by atoms with Gasteiger partial charge in [-0.25, -0.2) is 0 Å². The summed E-state index contributed by atoms with van der Waals surface area (Å²) in [6.07, 6.45) is -4.97. The molecule has 0 spiro atoms. The Bertz CT molecular complexity index is 493. The van der Waals surface area contributed by atoms with Crippen LogP contribution in [0.25, 0.3) is 0 Å².